The van der Waals surface area contributed by atoms with Crippen LogP contribution in [0.2, 0.25) is 0 Å². The van der Waals surface area contributed by atoms with Crippen molar-refractivity contribution in [1.29, 1.82) is 0 Å². The lowest BCUT2D eigenvalue weighted by Crippen LogP contribution is -2.21. The van der Waals surface area contributed by atoms with Gasteiger partial charge >= 0.3 is 0 Å². The van der Waals surface area contributed by atoms with Gasteiger partial charge < -0.3 is 20.1 Å². The molecule has 1 amide bonds. The minimum Gasteiger partial charge on any atom is -0.495 e. The summed E-state index contributed by atoms with van der Waals surface area (Å²) in [6, 6.07) is 15.0. The van der Waals surface area contributed by atoms with Gasteiger partial charge in [0.05, 0.1) is 25.9 Å². The number of hydrogen-bond acceptors (Lipinski definition) is 4. The molecule has 5 nitrogen and oxygen atoms in total. The average molecular weight is 370 g/mol. The van der Waals surface area contributed by atoms with Gasteiger partial charge in [-0.3, -0.25) is 4.79 Å². The first-order valence-corrected chi connectivity index (χ1v) is 9.62. The van der Waals surface area contributed by atoms with Crippen LogP contribution in [0.3, 0.4) is 0 Å². The zero-order valence-electron chi connectivity index (χ0n) is 16.3. The summed E-state index contributed by atoms with van der Waals surface area (Å²) >= 11 is 0. The highest BCUT2D eigenvalue weighted by Gasteiger charge is 2.06. The van der Waals surface area contributed by atoms with Gasteiger partial charge in [0.2, 0.25) is 5.91 Å². The number of carbonyl (C=O) groups is 1. The highest BCUT2D eigenvalue weighted by atomic mass is 16.5. The summed E-state index contributed by atoms with van der Waals surface area (Å²) in [7, 11) is 1.61. The first kappa shape index (κ1) is 20.6. The number of amides is 1. The minimum absolute atomic E-state index is 0.127. The van der Waals surface area contributed by atoms with Gasteiger partial charge in [0, 0.05) is 11.8 Å². The number of methoxy groups -OCH3 is 1. The van der Waals surface area contributed by atoms with E-state index in [1.165, 1.54) is 25.7 Å². The van der Waals surface area contributed by atoms with Crippen molar-refractivity contribution in [1.82, 2.24) is 0 Å². The summed E-state index contributed by atoms with van der Waals surface area (Å²) in [4.78, 5) is 12.2. The molecule has 146 valence electrons. The molecule has 0 aromatic heterocycles. The van der Waals surface area contributed by atoms with E-state index in [1.54, 1.807) is 7.11 Å². The quantitative estimate of drug-likeness (QED) is 0.511. The fourth-order valence-corrected chi connectivity index (χ4v) is 2.73. The molecule has 2 N–H and O–H groups in total. The van der Waals surface area contributed by atoms with Crippen LogP contribution in [0, 0.1) is 0 Å². The van der Waals surface area contributed by atoms with Crippen LogP contribution in [0.5, 0.6) is 11.5 Å². The lowest BCUT2D eigenvalue weighted by atomic mass is 10.2. The Labute approximate surface area is 162 Å². The first-order valence-electron chi connectivity index (χ1n) is 9.62. The Kier molecular flexibility index (Phi) is 9.04. The first-order chi connectivity index (χ1) is 13.2. The van der Waals surface area contributed by atoms with Crippen molar-refractivity contribution in [2.24, 2.45) is 0 Å². The molecule has 0 fully saturated rings. The van der Waals surface area contributed by atoms with Crippen molar-refractivity contribution in [2.45, 2.75) is 39.0 Å². The zero-order valence-corrected chi connectivity index (χ0v) is 16.3. The maximum Gasteiger partial charge on any atom is 0.243 e. The van der Waals surface area contributed by atoms with Crippen molar-refractivity contribution < 1.29 is 14.3 Å². The molecule has 0 aliphatic rings. The highest BCUT2D eigenvalue weighted by Crippen LogP contribution is 2.23. The molecule has 2 aromatic rings. The Morgan fingerprint density at radius 1 is 1.00 bits per heavy atom. The van der Waals surface area contributed by atoms with Crippen molar-refractivity contribution in [3.8, 4) is 11.5 Å². The number of para-hydroxylation sites is 2. The van der Waals surface area contributed by atoms with Crippen molar-refractivity contribution in [2.75, 3.05) is 30.9 Å². The van der Waals surface area contributed by atoms with E-state index in [2.05, 4.69) is 17.6 Å². The van der Waals surface area contributed by atoms with E-state index >= 15 is 0 Å². The molecule has 2 rings (SSSR count). The topological polar surface area (TPSA) is 59.6 Å². The average Bonchev–Trinajstić information content (AvgIpc) is 2.69. The number of carbonyl (C=O) groups excluding carboxylic acids is 1. The summed E-state index contributed by atoms with van der Waals surface area (Å²) in [5.41, 5.74) is 1.51. The summed E-state index contributed by atoms with van der Waals surface area (Å²) in [5, 5.41) is 5.98. The largest absolute Gasteiger partial charge is 0.495 e. The van der Waals surface area contributed by atoms with E-state index in [1.807, 2.05) is 48.5 Å². The monoisotopic (exact) mass is 370 g/mol. The van der Waals surface area contributed by atoms with Gasteiger partial charge in [-0.1, -0.05) is 50.8 Å². The summed E-state index contributed by atoms with van der Waals surface area (Å²) < 4.78 is 11.1. The predicted octanol–water partition coefficient (Wildman–Crippen LogP) is 5.10. The van der Waals surface area contributed by atoms with Crippen molar-refractivity contribution in [3.05, 3.63) is 48.5 Å². The number of benzene rings is 2. The predicted molar refractivity (Wildman–Crippen MR) is 111 cm³/mol. The van der Waals surface area contributed by atoms with Crippen LogP contribution < -0.4 is 20.1 Å². The highest BCUT2D eigenvalue weighted by molar-refractivity contribution is 5.94. The SMILES string of the molecule is CCCCCCCOc1cccc(NC(=O)CNc2ccccc2OC)c1. The molecule has 2 aromatic carbocycles. The van der Waals surface area contributed by atoms with Crippen LogP contribution in [-0.4, -0.2) is 26.2 Å². The minimum atomic E-state index is -0.127. The van der Waals surface area contributed by atoms with Gasteiger partial charge in [0.15, 0.2) is 0 Å². The maximum atomic E-state index is 12.2. The number of rotatable bonds is 12. The van der Waals surface area contributed by atoms with Crippen LogP contribution in [0.4, 0.5) is 11.4 Å². The number of unbranched alkanes of at least 4 members (excludes halogenated alkanes) is 4. The lowest BCUT2D eigenvalue weighted by Gasteiger charge is -2.12. The third-order valence-corrected chi connectivity index (χ3v) is 4.18. The fourth-order valence-electron chi connectivity index (χ4n) is 2.73. The zero-order chi connectivity index (χ0) is 19.3. The molecular formula is C22H30N2O3. The molecule has 0 unspecified atom stereocenters. The summed E-state index contributed by atoms with van der Waals surface area (Å²) in [6.45, 7) is 3.07. The molecule has 0 aliphatic carbocycles. The van der Waals surface area contributed by atoms with E-state index in [-0.39, 0.29) is 12.5 Å². The van der Waals surface area contributed by atoms with E-state index in [4.69, 9.17) is 9.47 Å². The molecule has 0 radical (unpaired) electrons. The summed E-state index contributed by atoms with van der Waals surface area (Å²) in [5.74, 6) is 1.36. The number of hydrogen-bond donors (Lipinski definition) is 2. The van der Waals surface area contributed by atoms with Gasteiger partial charge in [-0.05, 0) is 30.7 Å². The van der Waals surface area contributed by atoms with Gasteiger partial charge in [-0.2, -0.15) is 0 Å². The Morgan fingerprint density at radius 3 is 2.63 bits per heavy atom. The van der Waals surface area contributed by atoms with Crippen molar-refractivity contribution >= 4 is 17.3 Å². The van der Waals surface area contributed by atoms with E-state index < -0.39 is 0 Å². The normalized spacial score (nSPS) is 10.3. The molecular weight excluding hydrogens is 340 g/mol. The molecule has 5 heteroatoms. The van der Waals surface area contributed by atoms with Gasteiger partial charge in [0.1, 0.15) is 11.5 Å². The maximum absolute atomic E-state index is 12.2. The molecule has 0 spiro atoms. The Hall–Kier alpha value is -2.69. The molecule has 0 bridgehead atoms. The molecule has 0 aliphatic heterocycles. The van der Waals surface area contributed by atoms with Crippen LogP contribution in [-0.2, 0) is 4.79 Å². The van der Waals surface area contributed by atoms with E-state index in [9.17, 15) is 4.79 Å². The van der Waals surface area contributed by atoms with E-state index in [0.717, 1.165) is 23.5 Å². The van der Waals surface area contributed by atoms with Gasteiger partial charge in [-0.15, -0.1) is 0 Å². The molecule has 0 atom stereocenters. The van der Waals surface area contributed by atoms with Gasteiger partial charge in [-0.25, -0.2) is 0 Å². The number of ether oxygens (including phenoxy) is 2. The van der Waals surface area contributed by atoms with Crippen LogP contribution >= 0.6 is 0 Å². The van der Waals surface area contributed by atoms with Crippen molar-refractivity contribution in [3.63, 3.8) is 0 Å². The number of nitrogens with one attached hydrogen (secondary N) is 2. The van der Waals surface area contributed by atoms with Crippen LogP contribution in [0.1, 0.15) is 39.0 Å². The molecule has 27 heavy (non-hydrogen) atoms. The molecule has 0 heterocycles. The van der Waals surface area contributed by atoms with E-state index in [0.29, 0.717) is 12.4 Å². The van der Waals surface area contributed by atoms with Crippen LogP contribution in [0.25, 0.3) is 0 Å². The smallest absolute Gasteiger partial charge is 0.243 e. The Bertz CT molecular complexity index is 703. The fraction of sp³-hybridized carbons (Fsp3) is 0.409. The number of anilines is 2. The Balaban J connectivity index is 1.76. The summed E-state index contributed by atoms with van der Waals surface area (Å²) in [6.07, 6.45) is 6.03. The van der Waals surface area contributed by atoms with Gasteiger partial charge in [0.25, 0.3) is 0 Å². The molecule has 0 saturated heterocycles. The van der Waals surface area contributed by atoms with Crippen LogP contribution in [0.15, 0.2) is 48.5 Å². The third-order valence-electron chi connectivity index (χ3n) is 4.18. The lowest BCUT2D eigenvalue weighted by molar-refractivity contribution is -0.114. The Morgan fingerprint density at radius 2 is 1.81 bits per heavy atom. The second-order valence-electron chi connectivity index (χ2n) is 6.39. The third kappa shape index (κ3) is 7.60. The second kappa shape index (κ2) is 11.8. The molecule has 0 saturated carbocycles. The second-order valence-corrected chi connectivity index (χ2v) is 6.39. The standard InChI is InChI=1S/C22H30N2O3/c1-3-4-5-6-9-15-27-19-12-10-11-18(16-19)24-22(25)17-23-20-13-7-8-14-21(20)26-2/h7-8,10-14,16,23H,3-6,9,15,17H2,1-2H3,(H,24,25).